The Kier molecular flexibility index (Phi) is 4.76. The first-order valence-corrected chi connectivity index (χ1v) is 9.06. The SMILES string of the molecule is CC1(c2cccs2)NC(=O)N(CC(=O)NC(=O)NC2CCCC2)C1=O. The van der Waals surface area contributed by atoms with Gasteiger partial charge in [0.05, 0.1) is 0 Å². The molecule has 1 unspecified atom stereocenters. The Morgan fingerprint density at radius 1 is 1.36 bits per heavy atom. The molecule has 134 valence electrons. The normalized spacial score (nSPS) is 23.6. The van der Waals surface area contributed by atoms with E-state index in [0.717, 1.165) is 30.6 Å². The topological polar surface area (TPSA) is 108 Å². The first kappa shape index (κ1) is 17.4. The number of nitrogens with one attached hydrogen (secondary N) is 3. The lowest BCUT2D eigenvalue weighted by molar-refractivity contribution is -0.134. The van der Waals surface area contributed by atoms with E-state index in [-0.39, 0.29) is 6.04 Å². The highest BCUT2D eigenvalue weighted by molar-refractivity contribution is 7.10. The summed E-state index contributed by atoms with van der Waals surface area (Å²) >= 11 is 1.35. The van der Waals surface area contributed by atoms with Gasteiger partial charge in [-0.3, -0.25) is 19.8 Å². The van der Waals surface area contributed by atoms with Gasteiger partial charge in [-0.15, -0.1) is 11.3 Å². The average molecular weight is 364 g/mol. The number of carbonyl (C=O) groups excluding carboxylic acids is 4. The van der Waals surface area contributed by atoms with E-state index in [9.17, 15) is 19.2 Å². The molecule has 1 aromatic rings. The second kappa shape index (κ2) is 6.83. The number of urea groups is 2. The lowest BCUT2D eigenvalue weighted by Crippen LogP contribution is -2.48. The fourth-order valence-electron chi connectivity index (χ4n) is 3.17. The zero-order valence-corrected chi connectivity index (χ0v) is 14.6. The van der Waals surface area contributed by atoms with Crippen LogP contribution in [0.15, 0.2) is 17.5 Å². The van der Waals surface area contributed by atoms with Crippen LogP contribution < -0.4 is 16.0 Å². The van der Waals surface area contributed by atoms with Crippen LogP contribution in [0.25, 0.3) is 0 Å². The van der Waals surface area contributed by atoms with E-state index in [1.165, 1.54) is 11.3 Å². The summed E-state index contributed by atoms with van der Waals surface area (Å²) in [6, 6.07) is 2.37. The maximum Gasteiger partial charge on any atom is 0.325 e. The predicted octanol–water partition coefficient (Wildman–Crippen LogP) is 1.28. The molecule has 3 N–H and O–H groups in total. The van der Waals surface area contributed by atoms with E-state index in [1.807, 2.05) is 5.38 Å². The molecule has 8 nitrogen and oxygen atoms in total. The number of hydrogen-bond donors (Lipinski definition) is 3. The number of rotatable bonds is 4. The number of hydrogen-bond acceptors (Lipinski definition) is 5. The molecule has 3 rings (SSSR count). The molecule has 25 heavy (non-hydrogen) atoms. The van der Waals surface area contributed by atoms with E-state index in [0.29, 0.717) is 4.88 Å². The summed E-state index contributed by atoms with van der Waals surface area (Å²) < 4.78 is 0. The zero-order chi connectivity index (χ0) is 18.0. The van der Waals surface area contributed by atoms with Crippen molar-refractivity contribution in [2.75, 3.05) is 6.54 Å². The fraction of sp³-hybridized carbons (Fsp3) is 0.500. The molecule has 1 saturated carbocycles. The zero-order valence-electron chi connectivity index (χ0n) is 13.8. The number of thiophene rings is 1. The molecule has 2 aliphatic rings. The smallest absolute Gasteiger partial charge is 0.325 e. The fourth-order valence-corrected chi connectivity index (χ4v) is 4.01. The molecular weight excluding hydrogens is 344 g/mol. The van der Waals surface area contributed by atoms with Crippen LogP contribution in [0.1, 0.15) is 37.5 Å². The lowest BCUT2D eigenvalue weighted by atomic mass is 10.0. The molecule has 9 heteroatoms. The molecule has 6 amide bonds. The second-order valence-corrected chi connectivity index (χ2v) is 7.37. The summed E-state index contributed by atoms with van der Waals surface area (Å²) in [6.45, 7) is 1.10. The Labute approximate surface area is 148 Å². The molecular formula is C16H20N4O4S. The van der Waals surface area contributed by atoms with Crippen LogP contribution in [0.3, 0.4) is 0 Å². The molecule has 1 aliphatic heterocycles. The largest absolute Gasteiger partial charge is 0.335 e. The highest BCUT2D eigenvalue weighted by atomic mass is 32.1. The third kappa shape index (κ3) is 3.51. The van der Waals surface area contributed by atoms with Crippen molar-refractivity contribution in [3.63, 3.8) is 0 Å². The highest BCUT2D eigenvalue weighted by Gasteiger charge is 2.50. The monoisotopic (exact) mass is 364 g/mol. The van der Waals surface area contributed by atoms with Crippen LogP contribution in [0.5, 0.6) is 0 Å². The molecule has 1 saturated heterocycles. The third-order valence-corrected chi connectivity index (χ3v) is 5.63. The Morgan fingerprint density at radius 3 is 2.72 bits per heavy atom. The third-order valence-electron chi connectivity index (χ3n) is 4.53. The molecule has 0 bridgehead atoms. The minimum absolute atomic E-state index is 0.0756. The molecule has 0 radical (unpaired) electrons. The van der Waals surface area contributed by atoms with Crippen molar-refractivity contribution >= 4 is 35.2 Å². The Bertz CT molecular complexity index is 699. The van der Waals surface area contributed by atoms with Crippen LogP contribution in [0.2, 0.25) is 0 Å². The Hall–Kier alpha value is -2.42. The van der Waals surface area contributed by atoms with Gasteiger partial charge < -0.3 is 10.6 Å². The standard InChI is InChI=1S/C16H20N4O4S/c1-16(11-7-4-8-25-11)13(22)20(15(24)19-16)9-12(21)18-14(23)17-10-5-2-3-6-10/h4,7-8,10H,2-3,5-6,9H2,1H3,(H,19,24)(H2,17,18,21,23). The van der Waals surface area contributed by atoms with Crippen molar-refractivity contribution in [2.24, 2.45) is 0 Å². The minimum atomic E-state index is -1.18. The van der Waals surface area contributed by atoms with Gasteiger partial charge in [-0.05, 0) is 31.2 Å². The van der Waals surface area contributed by atoms with Gasteiger partial charge in [-0.2, -0.15) is 0 Å². The first-order valence-electron chi connectivity index (χ1n) is 8.18. The van der Waals surface area contributed by atoms with E-state index < -0.39 is 36.0 Å². The van der Waals surface area contributed by atoms with Crippen LogP contribution >= 0.6 is 11.3 Å². The van der Waals surface area contributed by atoms with Gasteiger partial charge in [0.1, 0.15) is 6.54 Å². The molecule has 2 heterocycles. The Morgan fingerprint density at radius 2 is 2.08 bits per heavy atom. The first-order chi connectivity index (χ1) is 11.9. The van der Waals surface area contributed by atoms with Crippen molar-refractivity contribution in [3.05, 3.63) is 22.4 Å². The molecule has 1 aliphatic carbocycles. The summed E-state index contributed by atoms with van der Waals surface area (Å²) in [5, 5.41) is 9.32. The van der Waals surface area contributed by atoms with Gasteiger partial charge in [-0.25, -0.2) is 9.59 Å². The van der Waals surface area contributed by atoms with Crippen molar-refractivity contribution in [1.29, 1.82) is 0 Å². The summed E-state index contributed by atoms with van der Waals surface area (Å²) in [5.41, 5.74) is -1.18. The molecule has 1 aromatic heterocycles. The van der Waals surface area contributed by atoms with E-state index in [4.69, 9.17) is 0 Å². The van der Waals surface area contributed by atoms with E-state index >= 15 is 0 Å². The van der Waals surface area contributed by atoms with Gasteiger partial charge in [0.25, 0.3) is 5.91 Å². The maximum atomic E-state index is 12.6. The van der Waals surface area contributed by atoms with Gasteiger partial charge >= 0.3 is 12.1 Å². The van der Waals surface area contributed by atoms with Gasteiger partial charge in [0.15, 0.2) is 5.54 Å². The van der Waals surface area contributed by atoms with Gasteiger partial charge in [0, 0.05) is 10.9 Å². The van der Waals surface area contributed by atoms with Crippen molar-refractivity contribution in [3.8, 4) is 0 Å². The van der Waals surface area contributed by atoms with Crippen LogP contribution in [-0.2, 0) is 15.1 Å². The van der Waals surface area contributed by atoms with Crippen molar-refractivity contribution < 1.29 is 19.2 Å². The summed E-state index contributed by atoms with van der Waals surface area (Å²) in [6.07, 6.45) is 3.91. The van der Waals surface area contributed by atoms with Crippen LogP contribution in [0.4, 0.5) is 9.59 Å². The minimum Gasteiger partial charge on any atom is -0.335 e. The maximum absolute atomic E-state index is 12.6. The molecule has 0 aromatic carbocycles. The number of imide groups is 2. The summed E-state index contributed by atoms with van der Waals surface area (Å²) in [5.74, 6) is -1.21. The second-order valence-electron chi connectivity index (χ2n) is 6.43. The predicted molar refractivity (Wildman–Crippen MR) is 90.8 cm³/mol. The number of carbonyl (C=O) groups is 4. The average Bonchev–Trinajstić information content (AvgIpc) is 3.27. The number of amides is 6. The quantitative estimate of drug-likeness (QED) is 0.700. The molecule has 1 atom stereocenters. The summed E-state index contributed by atoms with van der Waals surface area (Å²) in [4.78, 5) is 50.1. The molecule has 2 fully saturated rings. The van der Waals surface area contributed by atoms with Crippen LogP contribution in [-0.4, -0.2) is 41.4 Å². The highest BCUT2D eigenvalue weighted by Crippen LogP contribution is 2.31. The van der Waals surface area contributed by atoms with Crippen molar-refractivity contribution in [2.45, 2.75) is 44.2 Å². The molecule has 0 spiro atoms. The van der Waals surface area contributed by atoms with Crippen LogP contribution in [0, 0.1) is 0 Å². The lowest BCUT2D eigenvalue weighted by Gasteiger charge is -2.20. The number of nitrogens with zero attached hydrogens (tertiary/aromatic N) is 1. The summed E-state index contributed by atoms with van der Waals surface area (Å²) in [7, 11) is 0. The Balaban J connectivity index is 1.58. The van der Waals surface area contributed by atoms with E-state index in [1.54, 1.807) is 19.1 Å². The van der Waals surface area contributed by atoms with Crippen molar-refractivity contribution in [1.82, 2.24) is 20.9 Å². The van der Waals surface area contributed by atoms with Gasteiger partial charge in [0.2, 0.25) is 5.91 Å². The van der Waals surface area contributed by atoms with E-state index in [2.05, 4.69) is 16.0 Å². The van der Waals surface area contributed by atoms with Gasteiger partial charge in [-0.1, -0.05) is 18.9 Å².